The molecule has 0 bridgehead atoms. The van der Waals surface area contributed by atoms with Gasteiger partial charge in [0, 0.05) is 24.5 Å². The van der Waals surface area contributed by atoms with Crippen LogP contribution in [0.2, 0.25) is 5.02 Å². The Kier molecular flexibility index (Phi) is 6.21. The monoisotopic (exact) mass is 452 g/mol. The standard InChI is InChI=1S/C21H23Cl3N4O/c22-16-9-7-15(8-10-16)18-14-17(20(29)26-27-12-4-1-5-13-27)25-28(18)21(24)11-3-2-6-19(21)23/h2-3,6-11,18-19H,1,4-5,12-14H2,(H,26,29)/t18-,19?,21?/m1/s1. The summed E-state index contributed by atoms with van der Waals surface area (Å²) in [5.74, 6) is -0.185. The lowest BCUT2D eigenvalue weighted by atomic mass is 9.98. The van der Waals surface area contributed by atoms with Gasteiger partial charge in [0.15, 0.2) is 5.00 Å². The average molecular weight is 454 g/mol. The third kappa shape index (κ3) is 4.33. The van der Waals surface area contributed by atoms with Gasteiger partial charge in [-0.25, -0.2) is 5.01 Å². The van der Waals surface area contributed by atoms with Crippen molar-refractivity contribution in [3.63, 3.8) is 0 Å². The number of hydrazone groups is 1. The minimum absolute atomic E-state index is 0.185. The molecule has 4 rings (SSSR count). The molecule has 0 aromatic heterocycles. The molecule has 2 unspecified atom stereocenters. The third-order valence-electron chi connectivity index (χ3n) is 5.50. The van der Waals surface area contributed by atoms with Gasteiger partial charge in [0.1, 0.15) is 5.71 Å². The number of carbonyl (C=O) groups is 1. The lowest BCUT2D eigenvalue weighted by Crippen LogP contribution is -2.47. The molecule has 8 heteroatoms. The third-order valence-corrected chi connectivity index (χ3v) is 6.88. The van der Waals surface area contributed by atoms with Crippen molar-refractivity contribution in [3.05, 3.63) is 59.2 Å². The molecule has 0 spiro atoms. The Hall–Kier alpha value is -1.53. The van der Waals surface area contributed by atoms with E-state index >= 15 is 0 Å². The topological polar surface area (TPSA) is 47.9 Å². The fourth-order valence-electron chi connectivity index (χ4n) is 3.90. The molecule has 2 heterocycles. The predicted octanol–water partition coefficient (Wildman–Crippen LogP) is 4.63. The highest BCUT2D eigenvalue weighted by Gasteiger charge is 2.47. The molecule has 1 N–H and O–H groups in total. The fraction of sp³-hybridized carbons (Fsp3) is 0.429. The second-order valence-corrected chi connectivity index (χ2v) is 9.04. The Morgan fingerprint density at radius 3 is 2.55 bits per heavy atom. The molecule has 0 saturated carbocycles. The number of hydrogen-bond donors (Lipinski definition) is 1. The van der Waals surface area contributed by atoms with Gasteiger partial charge in [0.05, 0.1) is 11.4 Å². The fourth-order valence-corrected chi connectivity index (χ4v) is 4.59. The van der Waals surface area contributed by atoms with Gasteiger partial charge in [-0.3, -0.25) is 15.2 Å². The van der Waals surface area contributed by atoms with Crippen molar-refractivity contribution in [3.8, 4) is 0 Å². The molecule has 5 nitrogen and oxygen atoms in total. The van der Waals surface area contributed by atoms with E-state index in [-0.39, 0.29) is 11.9 Å². The first-order chi connectivity index (χ1) is 14.0. The molecule has 1 saturated heterocycles. The summed E-state index contributed by atoms with van der Waals surface area (Å²) in [6.45, 7) is 1.72. The van der Waals surface area contributed by atoms with Crippen molar-refractivity contribution in [2.75, 3.05) is 13.1 Å². The van der Waals surface area contributed by atoms with Crippen LogP contribution in [0.4, 0.5) is 0 Å². The first kappa shape index (κ1) is 20.7. The van der Waals surface area contributed by atoms with E-state index in [2.05, 4.69) is 10.5 Å². The van der Waals surface area contributed by atoms with Gasteiger partial charge >= 0.3 is 0 Å². The second-order valence-electron chi connectivity index (χ2n) is 7.52. The maximum atomic E-state index is 12.9. The summed E-state index contributed by atoms with van der Waals surface area (Å²) in [6, 6.07) is 7.32. The van der Waals surface area contributed by atoms with Gasteiger partial charge in [-0.2, -0.15) is 5.10 Å². The number of carbonyl (C=O) groups excluding carboxylic acids is 1. The minimum Gasteiger partial charge on any atom is -0.284 e. The Bertz CT molecular complexity index is 848. The Labute approximate surface area is 185 Å². The summed E-state index contributed by atoms with van der Waals surface area (Å²) >= 11 is 19.6. The Morgan fingerprint density at radius 1 is 1.14 bits per heavy atom. The van der Waals surface area contributed by atoms with E-state index in [1.807, 2.05) is 53.6 Å². The number of nitrogens with one attached hydrogen (secondary N) is 1. The molecule has 1 amide bonds. The van der Waals surface area contributed by atoms with Crippen LogP contribution in [-0.4, -0.2) is 45.1 Å². The van der Waals surface area contributed by atoms with E-state index in [0.29, 0.717) is 17.2 Å². The molecule has 1 aliphatic carbocycles. The van der Waals surface area contributed by atoms with E-state index < -0.39 is 10.4 Å². The minimum atomic E-state index is -1.06. The smallest absolute Gasteiger partial charge is 0.281 e. The number of amides is 1. The van der Waals surface area contributed by atoms with Crippen LogP contribution in [0.1, 0.15) is 37.3 Å². The van der Waals surface area contributed by atoms with E-state index in [1.54, 1.807) is 5.01 Å². The van der Waals surface area contributed by atoms with Crippen LogP contribution in [0.25, 0.3) is 0 Å². The summed E-state index contributed by atoms with van der Waals surface area (Å²) < 4.78 is 0. The highest BCUT2D eigenvalue weighted by atomic mass is 35.5. The van der Waals surface area contributed by atoms with Crippen LogP contribution in [0.15, 0.2) is 53.7 Å². The lowest BCUT2D eigenvalue weighted by molar-refractivity contribution is -0.119. The number of hydrogen-bond acceptors (Lipinski definition) is 4. The van der Waals surface area contributed by atoms with Gasteiger partial charge in [-0.15, -0.1) is 11.6 Å². The van der Waals surface area contributed by atoms with Crippen LogP contribution >= 0.6 is 34.8 Å². The summed E-state index contributed by atoms with van der Waals surface area (Å²) in [5, 5.41) is 8.54. The Morgan fingerprint density at radius 2 is 1.86 bits per heavy atom. The zero-order valence-corrected chi connectivity index (χ0v) is 18.2. The first-order valence-corrected chi connectivity index (χ1v) is 11.0. The summed E-state index contributed by atoms with van der Waals surface area (Å²) in [4.78, 5) is 11.9. The zero-order valence-electron chi connectivity index (χ0n) is 15.9. The zero-order chi connectivity index (χ0) is 20.4. The maximum Gasteiger partial charge on any atom is 0.281 e. The van der Waals surface area contributed by atoms with E-state index in [4.69, 9.17) is 34.8 Å². The van der Waals surface area contributed by atoms with Crippen LogP contribution in [0, 0.1) is 0 Å². The maximum absolute atomic E-state index is 12.9. The van der Waals surface area contributed by atoms with Crippen molar-refractivity contribution in [1.82, 2.24) is 15.4 Å². The SMILES string of the molecule is O=C(NN1CCCCC1)C1=NN(C2(Cl)C=CC=CC2Cl)[C@@H](c2ccc(Cl)cc2)C1. The highest BCUT2D eigenvalue weighted by molar-refractivity contribution is 6.39. The normalized spacial score (nSPS) is 29.8. The molecule has 3 aliphatic rings. The van der Waals surface area contributed by atoms with Gasteiger partial charge in [0.2, 0.25) is 0 Å². The van der Waals surface area contributed by atoms with Gasteiger partial charge < -0.3 is 0 Å². The van der Waals surface area contributed by atoms with Crippen molar-refractivity contribution < 1.29 is 4.79 Å². The summed E-state index contributed by atoms with van der Waals surface area (Å²) in [7, 11) is 0. The Balaban J connectivity index is 1.61. The van der Waals surface area contributed by atoms with Gasteiger partial charge in [0.25, 0.3) is 5.91 Å². The number of allylic oxidation sites excluding steroid dienone is 2. The molecule has 0 radical (unpaired) electrons. The molecule has 154 valence electrons. The second kappa shape index (κ2) is 8.68. The number of benzene rings is 1. The number of piperidine rings is 1. The number of rotatable bonds is 4. The van der Waals surface area contributed by atoms with Crippen molar-refractivity contribution >= 4 is 46.4 Å². The van der Waals surface area contributed by atoms with Crippen molar-refractivity contribution in [1.29, 1.82) is 0 Å². The molecule has 2 aliphatic heterocycles. The number of halogens is 3. The molecule has 1 aromatic carbocycles. The van der Waals surface area contributed by atoms with E-state index in [0.717, 1.165) is 31.5 Å². The van der Waals surface area contributed by atoms with Crippen LogP contribution < -0.4 is 5.43 Å². The molecule has 1 fully saturated rings. The van der Waals surface area contributed by atoms with Crippen LogP contribution in [0.3, 0.4) is 0 Å². The first-order valence-electron chi connectivity index (χ1n) is 9.84. The summed E-state index contributed by atoms with van der Waals surface area (Å²) in [5.41, 5.74) is 4.42. The van der Waals surface area contributed by atoms with Crippen molar-refractivity contribution in [2.45, 2.75) is 42.1 Å². The van der Waals surface area contributed by atoms with E-state index in [9.17, 15) is 4.79 Å². The summed E-state index contributed by atoms with van der Waals surface area (Å²) in [6.07, 6.45) is 11.2. The predicted molar refractivity (Wildman–Crippen MR) is 118 cm³/mol. The number of alkyl halides is 2. The largest absolute Gasteiger partial charge is 0.284 e. The van der Waals surface area contributed by atoms with Gasteiger partial charge in [-0.05, 0) is 36.6 Å². The molecule has 1 aromatic rings. The molecule has 29 heavy (non-hydrogen) atoms. The van der Waals surface area contributed by atoms with Crippen LogP contribution in [0.5, 0.6) is 0 Å². The van der Waals surface area contributed by atoms with Crippen molar-refractivity contribution in [2.24, 2.45) is 5.10 Å². The number of nitrogens with zero attached hydrogens (tertiary/aromatic N) is 3. The quantitative estimate of drug-likeness (QED) is 0.534. The molecular formula is C21H23Cl3N4O. The van der Waals surface area contributed by atoms with E-state index in [1.165, 1.54) is 6.42 Å². The van der Waals surface area contributed by atoms with Crippen LogP contribution in [-0.2, 0) is 4.79 Å². The molecular weight excluding hydrogens is 431 g/mol. The lowest BCUT2D eigenvalue weighted by Gasteiger charge is -2.40. The molecule has 3 atom stereocenters. The average Bonchev–Trinajstić information content (AvgIpc) is 3.18. The highest BCUT2D eigenvalue weighted by Crippen LogP contribution is 2.44. The van der Waals surface area contributed by atoms with Gasteiger partial charge in [-0.1, -0.05) is 60.0 Å². The number of hydrazine groups is 1.